The molecule has 0 radical (unpaired) electrons. The Morgan fingerprint density at radius 2 is 0.886 bits per heavy atom. The van der Waals surface area contributed by atoms with E-state index < -0.39 is 0 Å². The van der Waals surface area contributed by atoms with Gasteiger partial charge in [-0.15, -0.1) is 0 Å². The average molecular weight is 660 g/mol. The Morgan fingerprint density at radius 1 is 0.568 bits per heavy atom. The minimum atomic E-state index is -0.114. The van der Waals surface area contributed by atoms with Crippen LogP contribution in [0, 0.1) is 9.02 Å². The molecule has 7 nitrogen and oxygen atoms in total. The summed E-state index contributed by atoms with van der Waals surface area (Å²) in [6.45, 7) is 0. The molecule has 0 bridgehead atoms. The number of fused-ring (bicyclic) bond motifs is 2. The number of rotatable bonds is 4. The number of hydrogen-bond acceptors (Lipinski definition) is 7. The van der Waals surface area contributed by atoms with E-state index in [2.05, 4.69) is 0 Å². The van der Waals surface area contributed by atoms with E-state index >= 15 is 0 Å². The van der Waals surface area contributed by atoms with Gasteiger partial charge in [0.05, 0.1) is 14.2 Å². The third-order valence-corrected chi connectivity index (χ3v) is 8.07. The van der Waals surface area contributed by atoms with Gasteiger partial charge in [0.2, 0.25) is 0 Å². The molecule has 2 heterocycles. The van der Waals surface area contributed by atoms with E-state index in [1.165, 1.54) is 0 Å². The maximum atomic E-state index is 12.6. The summed E-state index contributed by atoms with van der Waals surface area (Å²) in [4.78, 5) is 0. The second-order valence-corrected chi connectivity index (χ2v) is 10.4. The second kappa shape index (κ2) is 14.5. The molecule has 10 heteroatoms. The number of aromatic nitrogens is 2. The van der Waals surface area contributed by atoms with Gasteiger partial charge in [0.15, 0.2) is 0 Å². The second-order valence-electron chi connectivity index (χ2n) is 9.62. The summed E-state index contributed by atoms with van der Waals surface area (Å²) < 4.78 is 23.0. The molecule has 0 aliphatic carbocycles. The summed E-state index contributed by atoms with van der Waals surface area (Å²) in [6.07, 6.45) is 0. The van der Waals surface area contributed by atoms with E-state index in [0.717, 1.165) is 61.8 Å². The predicted molar refractivity (Wildman–Crippen MR) is 171 cm³/mol. The van der Waals surface area contributed by atoms with Crippen molar-refractivity contribution in [1.29, 1.82) is 0 Å². The Balaban J connectivity index is 0.000000190. The quantitative estimate of drug-likeness (QED) is 0.185. The van der Waals surface area contributed by atoms with Crippen LogP contribution in [-0.4, -0.2) is 23.4 Å². The SMILES string of the molecule is COc1ccc(-c2c([O-])c(=S)c3ccccc3n2C)cc1.COc1ccc(-c2c([O-])c(=S)c3ccccc3n2C)cc1.[O]=[V+2]. The first-order valence-corrected chi connectivity index (χ1v) is 14.7. The Hall–Kier alpha value is -4.28. The molecular weight excluding hydrogens is 631 g/mol. The van der Waals surface area contributed by atoms with Crippen molar-refractivity contribution in [2.45, 2.75) is 0 Å². The summed E-state index contributed by atoms with van der Waals surface area (Å²) in [6, 6.07) is 30.2. The van der Waals surface area contributed by atoms with Crippen LogP contribution in [0.25, 0.3) is 44.3 Å². The molecular formula is C34H28N2O5S2V. The molecule has 0 unspecified atom stereocenters. The zero-order valence-electron chi connectivity index (χ0n) is 24.4. The zero-order valence-corrected chi connectivity index (χ0v) is 27.5. The van der Waals surface area contributed by atoms with Crippen LogP contribution in [0.1, 0.15) is 0 Å². The minimum absolute atomic E-state index is 0.114. The van der Waals surface area contributed by atoms with Gasteiger partial charge in [0.1, 0.15) is 11.5 Å². The van der Waals surface area contributed by atoms with E-state index in [-0.39, 0.29) is 11.5 Å². The average Bonchev–Trinajstić information content (AvgIpc) is 3.08. The molecule has 0 atom stereocenters. The number of benzene rings is 4. The van der Waals surface area contributed by atoms with Crippen molar-refractivity contribution < 1.29 is 40.7 Å². The van der Waals surface area contributed by atoms with E-state index in [0.29, 0.717) is 20.4 Å². The first-order valence-electron chi connectivity index (χ1n) is 13.3. The topological polar surface area (TPSA) is 91.5 Å². The van der Waals surface area contributed by atoms with Crippen molar-refractivity contribution in [3.8, 4) is 45.5 Å². The van der Waals surface area contributed by atoms with Gasteiger partial charge in [-0.05, 0) is 71.8 Å². The first kappa shape index (κ1) is 32.6. The van der Waals surface area contributed by atoms with Gasteiger partial charge in [-0.1, -0.05) is 72.3 Å². The molecule has 221 valence electrons. The molecule has 44 heavy (non-hydrogen) atoms. The van der Waals surface area contributed by atoms with Crippen LogP contribution in [0.3, 0.4) is 0 Å². The number of pyridine rings is 2. The van der Waals surface area contributed by atoms with Crippen LogP contribution in [0.2, 0.25) is 0 Å². The van der Waals surface area contributed by atoms with Gasteiger partial charge in [0, 0.05) is 56.3 Å². The van der Waals surface area contributed by atoms with Crippen LogP contribution >= 0.6 is 24.4 Å². The molecule has 6 rings (SSSR count). The van der Waals surface area contributed by atoms with E-state index in [1.54, 1.807) is 14.2 Å². The van der Waals surface area contributed by atoms with Crippen LogP contribution in [-0.2, 0) is 35.1 Å². The van der Waals surface area contributed by atoms with Crippen molar-refractivity contribution in [2.75, 3.05) is 14.2 Å². The zero-order chi connectivity index (χ0) is 32.0. The van der Waals surface area contributed by atoms with Gasteiger partial charge in [-0.2, -0.15) is 0 Å². The van der Waals surface area contributed by atoms with Crippen molar-refractivity contribution >= 4 is 46.2 Å². The number of para-hydroxylation sites is 2. The van der Waals surface area contributed by atoms with Crippen molar-refractivity contribution in [3.63, 3.8) is 0 Å². The van der Waals surface area contributed by atoms with Crippen LogP contribution in [0.4, 0.5) is 0 Å². The van der Waals surface area contributed by atoms with Gasteiger partial charge >= 0.3 is 21.0 Å². The fourth-order valence-electron chi connectivity index (χ4n) is 5.07. The predicted octanol–water partition coefficient (Wildman–Crippen LogP) is 7.19. The Kier molecular flexibility index (Phi) is 10.7. The van der Waals surface area contributed by atoms with Crippen molar-refractivity contribution in [3.05, 3.63) is 106 Å². The fourth-order valence-corrected chi connectivity index (χ4v) is 5.61. The van der Waals surface area contributed by atoms with Gasteiger partial charge in [-0.3, -0.25) is 0 Å². The van der Waals surface area contributed by atoms with Crippen LogP contribution < -0.4 is 19.7 Å². The van der Waals surface area contributed by atoms with Gasteiger partial charge in [0.25, 0.3) is 0 Å². The summed E-state index contributed by atoms with van der Waals surface area (Å²) in [5.74, 6) is 1.29. The van der Waals surface area contributed by atoms with Crippen LogP contribution in [0.15, 0.2) is 97.1 Å². The molecule has 0 aliphatic heterocycles. The number of methoxy groups -OCH3 is 2. The van der Waals surface area contributed by atoms with Crippen LogP contribution in [0.5, 0.6) is 23.0 Å². The third-order valence-electron chi connectivity index (χ3n) is 7.26. The standard InChI is InChI=1S/2C17H15NO2S.O.V/c2*1-18-14-6-4-3-5-13(14)17(21)16(19)15(18)11-7-9-12(20-2)10-8-11;;/h2*3-10,19H,1-2H3;;/q;;;+2/p-2. The monoisotopic (exact) mass is 659 g/mol. The van der Waals surface area contributed by atoms with Crippen molar-refractivity contribution in [2.24, 2.45) is 14.1 Å². The number of ether oxygens (including phenoxy) is 2. The van der Waals surface area contributed by atoms with E-state index in [1.807, 2.05) is 120 Å². The number of aryl methyl sites for hydroxylation is 2. The molecule has 0 fully saturated rings. The molecule has 6 aromatic rings. The Labute approximate surface area is 274 Å². The normalized spacial score (nSPS) is 10.4. The molecule has 0 amide bonds. The molecule has 0 spiro atoms. The van der Waals surface area contributed by atoms with E-state index in [9.17, 15) is 10.2 Å². The van der Waals surface area contributed by atoms with E-state index in [4.69, 9.17) is 37.6 Å². The molecule has 0 saturated heterocycles. The van der Waals surface area contributed by atoms with Gasteiger partial charge < -0.3 is 28.8 Å². The summed E-state index contributed by atoms with van der Waals surface area (Å²) in [5.41, 5.74) is 4.77. The summed E-state index contributed by atoms with van der Waals surface area (Å²) in [7, 11) is 7.01. The summed E-state index contributed by atoms with van der Waals surface area (Å²) >= 11 is 11.7. The first-order chi connectivity index (χ1) is 21.3. The molecule has 0 aliphatic rings. The van der Waals surface area contributed by atoms with Crippen molar-refractivity contribution in [1.82, 2.24) is 9.13 Å². The molecule has 2 aromatic heterocycles. The molecule has 0 saturated carbocycles. The summed E-state index contributed by atoms with van der Waals surface area (Å²) in [5, 5.41) is 26.8. The third kappa shape index (κ3) is 6.32. The number of nitrogens with zero attached hydrogens (tertiary/aromatic N) is 2. The van der Waals surface area contributed by atoms with Gasteiger partial charge in [-0.25, -0.2) is 0 Å². The Morgan fingerprint density at radius 3 is 1.20 bits per heavy atom. The Bertz CT molecular complexity index is 1910. The maximum absolute atomic E-state index is 12.6. The number of hydrogen-bond donors (Lipinski definition) is 0. The molecule has 0 N–H and O–H groups in total. The molecule has 4 aromatic carbocycles. The fraction of sp³-hybridized carbons (Fsp3) is 0.118.